The van der Waals surface area contributed by atoms with Gasteiger partial charge in [0.25, 0.3) is 0 Å². The third-order valence-electron chi connectivity index (χ3n) is 4.06. The van der Waals surface area contributed by atoms with Crippen LogP contribution in [-0.4, -0.2) is 46.9 Å². The second kappa shape index (κ2) is 7.22. The number of hydrogen-bond acceptors (Lipinski definition) is 6. The van der Waals surface area contributed by atoms with Crippen molar-refractivity contribution in [1.29, 1.82) is 0 Å². The van der Waals surface area contributed by atoms with Gasteiger partial charge in [0, 0.05) is 24.2 Å². The third-order valence-corrected chi connectivity index (χ3v) is 5.58. The molecule has 1 unspecified atom stereocenters. The molecule has 2 heterocycles. The Hall–Kier alpha value is -2.78. The molecule has 26 heavy (non-hydrogen) atoms. The van der Waals surface area contributed by atoms with Crippen LogP contribution in [0.25, 0.3) is 6.08 Å². The topological polar surface area (TPSA) is 110 Å². The van der Waals surface area contributed by atoms with E-state index >= 15 is 0 Å². The summed E-state index contributed by atoms with van der Waals surface area (Å²) < 4.78 is 31.4. The molecule has 1 aliphatic rings. The molecule has 1 aromatic carbocycles. The van der Waals surface area contributed by atoms with Crippen molar-refractivity contribution < 1.29 is 23.1 Å². The highest BCUT2D eigenvalue weighted by Gasteiger charge is 2.38. The summed E-state index contributed by atoms with van der Waals surface area (Å²) in [5.74, 6) is -0.565. The fourth-order valence-electron chi connectivity index (χ4n) is 2.68. The predicted molar refractivity (Wildman–Crippen MR) is 93.7 cm³/mol. The maximum absolute atomic E-state index is 12.7. The number of ether oxygens (including phenoxy) is 1. The van der Waals surface area contributed by atoms with Crippen molar-refractivity contribution in [2.75, 3.05) is 7.11 Å². The standard InChI is InChI=1S/C17H17N3O5S/c1-25-13-4-2-12(3-5-13)6-9-26(23,24)20-11-15-14(18-7-8-19-15)10-16(20)17(21)22/h2-9,16H,10-11H2,1H3,(H,21,22)/b9-6+. The largest absolute Gasteiger partial charge is 0.497 e. The molecule has 0 spiro atoms. The molecule has 3 rings (SSSR count). The highest BCUT2D eigenvalue weighted by atomic mass is 32.2. The number of nitrogens with zero attached hydrogens (tertiary/aromatic N) is 3. The van der Waals surface area contributed by atoms with Gasteiger partial charge in [0.2, 0.25) is 10.0 Å². The van der Waals surface area contributed by atoms with Crippen LogP contribution in [0.3, 0.4) is 0 Å². The minimum Gasteiger partial charge on any atom is -0.497 e. The Labute approximate surface area is 150 Å². The molecule has 2 aromatic rings. The second-order valence-electron chi connectivity index (χ2n) is 5.67. The number of carboxylic acid groups (broad SMARTS) is 1. The van der Waals surface area contributed by atoms with E-state index in [9.17, 15) is 18.3 Å². The van der Waals surface area contributed by atoms with E-state index < -0.39 is 22.0 Å². The van der Waals surface area contributed by atoms with Crippen LogP contribution in [0.4, 0.5) is 0 Å². The summed E-state index contributed by atoms with van der Waals surface area (Å²) in [6.45, 7) is -0.130. The van der Waals surface area contributed by atoms with Gasteiger partial charge in [-0.15, -0.1) is 0 Å². The fraction of sp³-hybridized carbons (Fsp3) is 0.235. The van der Waals surface area contributed by atoms with Crippen LogP contribution in [0.1, 0.15) is 17.0 Å². The summed E-state index contributed by atoms with van der Waals surface area (Å²) in [7, 11) is -2.42. The van der Waals surface area contributed by atoms with Gasteiger partial charge in [-0.3, -0.25) is 14.8 Å². The van der Waals surface area contributed by atoms with Crippen molar-refractivity contribution in [2.24, 2.45) is 0 Å². The number of carbonyl (C=O) groups is 1. The third kappa shape index (κ3) is 3.73. The van der Waals surface area contributed by atoms with Crippen molar-refractivity contribution in [3.05, 3.63) is 59.0 Å². The molecular formula is C17H17N3O5S. The van der Waals surface area contributed by atoms with E-state index in [1.165, 1.54) is 18.5 Å². The molecule has 1 N–H and O–H groups in total. The number of benzene rings is 1. The molecule has 0 aliphatic carbocycles. The lowest BCUT2D eigenvalue weighted by atomic mass is 10.1. The first-order valence-corrected chi connectivity index (χ1v) is 9.26. The number of fused-ring (bicyclic) bond motifs is 1. The molecule has 136 valence electrons. The van der Waals surface area contributed by atoms with Gasteiger partial charge >= 0.3 is 5.97 Å². The van der Waals surface area contributed by atoms with Crippen molar-refractivity contribution in [3.63, 3.8) is 0 Å². The van der Waals surface area contributed by atoms with Gasteiger partial charge in [0.1, 0.15) is 11.8 Å². The molecule has 1 aliphatic heterocycles. The summed E-state index contributed by atoms with van der Waals surface area (Å²) >= 11 is 0. The van der Waals surface area contributed by atoms with E-state index in [4.69, 9.17) is 4.74 Å². The fourth-order valence-corrected chi connectivity index (χ4v) is 3.98. The summed E-state index contributed by atoms with van der Waals surface area (Å²) in [5, 5.41) is 10.5. The Morgan fingerprint density at radius 3 is 2.50 bits per heavy atom. The van der Waals surface area contributed by atoms with Gasteiger partial charge in [0.15, 0.2) is 0 Å². The SMILES string of the molecule is COc1ccc(/C=C/S(=O)(=O)N2Cc3nccnc3CC2C(=O)O)cc1. The number of carboxylic acids is 1. The van der Waals surface area contributed by atoms with Crippen molar-refractivity contribution in [3.8, 4) is 5.75 Å². The Balaban J connectivity index is 1.88. The lowest BCUT2D eigenvalue weighted by molar-refractivity contribution is -0.141. The maximum atomic E-state index is 12.7. The average molecular weight is 375 g/mol. The summed E-state index contributed by atoms with van der Waals surface area (Å²) in [6, 6.07) is 5.61. The van der Waals surface area contributed by atoms with E-state index in [1.54, 1.807) is 31.4 Å². The lowest BCUT2D eigenvalue weighted by Gasteiger charge is -2.31. The smallest absolute Gasteiger partial charge is 0.322 e. The van der Waals surface area contributed by atoms with Crippen molar-refractivity contribution >= 4 is 22.1 Å². The minimum atomic E-state index is -3.96. The van der Waals surface area contributed by atoms with Gasteiger partial charge in [0.05, 0.1) is 25.0 Å². The molecule has 0 bridgehead atoms. The lowest BCUT2D eigenvalue weighted by Crippen LogP contribution is -2.48. The van der Waals surface area contributed by atoms with Crippen LogP contribution in [-0.2, 0) is 27.8 Å². The summed E-state index contributed by atoms with van der Waals surface area (Å²) in [4.78, 5) is 19.8. The minimum absolute atomic E-state index is 0.0197. The molecular weight excluding hydrogens is 358 g/mol. The first-order valence-electron chi connectivity index (χ1n) is 7.76. The van der Waals surface area contributed by atoms with E-state index in [-0.39, 0.29) is 13.0 Å². The summed E-state index contributed by atoms with van der Waals surface area (Å²) in [5.41, 5.74) is 1.62. The number of aliphatic carboxylic acids is 1. The number of methoxy groups -OCH3 is 1. The van der Waals surface area contributed by atoms with Crippen molar-refractivity contribution in [1.82, 2.24) is 14.3 Å². The number of hydrogen-bond donors (Lipinski definition) is 1. The zero-order chi connectivity index (χ0) is 18.7. The molecule has 1 aromatic heterocycles. The second-order valence-corrected chi connectivity index (χ2v) is 7.45. The van der Waals surface area contributed by atoms with Crippen molar-refractivity contribution in [2.45, 2.75) is 19.0 Å². The molecule has 1 atom stereocenters. The molecule has 0 radical (unpaired) electrons. The number of sulfonamides is 1. The Morgan fingerprint density at radius 1 is 1.23 bits per heavy atom. The highest BCUT2D eigenvalue weighted by Crippen LogP contribution is 2.24. The monoisotopic (exact) mass is 375 g/mol. The maximum Gasteiger partial charge on any atom is 0.322 e. The van der Waals surface area contributed by atoms with Crippen LogP contribution in [0, 0.1) is 0 Å². The first kappa shape index (κ1) is 18.0. The van der Waals surface area contributed by atoms with E-state index in [0.717, 1.165) is 9.71 Å². The average Bonchev–Trinajstić information content (AvgIpc) is 2.65. The van der Waals surface area contributed by atoms with Gasteiger partial charge in [-0.1, -0.05) is 12.1 Å². The zero-order valence-corrected chi connectivity index (χ0v) is 14.8. The molecule has 0 fully saturated rings. The molecule has 0 saturated carbocycles. The normalized spacial score (nSPS) is 17.8. The number of rotatable bonds is 5. The molecule has 0 saturated heterocycles. The summed E-state index contributed by atoms with van der Waals surface area (Å²) in [6.07, 6.45) is 4.32. The Morgan fingerprint density at radius 2 is 1.88 bits per heavy atom. The predicted octanol–water partition coefficient (Wildman–Crippen LogP) is 1.30. The number of aromatic nitrogens is 2. The van der Waals surface area contributed by atoms with Crippen LogP contribution < -0.4 is 4.74 Å². The van der Waals surface area contributed by atoms with Gasteiger partial charge in [-0.05, 0) is 23.8 Å². The Bertz CT molecular complexity index is 941. The molecule has 0 amide bonds. The molecule has 9 heteroatoms. The van der Waals surface area contributed by atoms with Crippen LogP contribution in [0.15, 0.2) is 42.1 Å². The Kier molecular flexibility index (Phi) is 5.01. The van der Waals surface area contributed by atoms with E-state index in [1.807, 2.05) is 0 Å². The molecule has 8 nitrogen and oxygen atoms in total. The zero-order valence-electron chi connectivity index (χ0n) is 13.9. The van der Waals surface area contributed by atoms with Gasteiger partial charge < -0.3 is 9.84 Å². The van der Waals surface area contributed by atoms with Gasteiger partial charge in [-0.25, -0.2) is 8.42 Å². The van der Waals surface area contributed by atoms with Crippen LogP contribution in [0.2, 0.25) is 0 Å². The van der Waals surface area contributed by atoms with Crippen LogP contribution >= 0.6 is 0 Å². The van der Waals surface area contributed by atoms with Gasteiger partial charge in [-0.2, -0.15) is 4.31 Å². The van der Waals surface area contributed by atoms with Crippen LogP contribution in [0.5, 0.6) is 5.75 Å². The van der Waals surface area contributed by atoms with E-state index in [0.29, 0.717) is 22.7 Å². The highest BCUT2D eigenvalue weighted by molar-refractivity contribution is 7.92. The first-order chi connectivity index (χ1) is 12.4. The van der Waals surface area contributed by atoms with E-state index in [2.05, 4.69) is 9.97 Å². The quantitative estimate of drug-likeness (QED) is 0.839.